The van der Waals surface area contributed by atoms with Crippen LogP contribution in [0, 0.1) is 18.7 Å². The standard InChI is InChI=1S/C22H25FN4O.2ClH/c1-13-10-15(21-25-19-12-17(23)5-7-20(19)27(21)3)4-6-18(13)26-22(28)16-8-9-24-14(2)11-16;;/h4-7,10,12,14,16,24H,8-9,11H2,1-3H3,(H,26,28);2*1H/t14-,16-;;/m0../s1. The quantitative estimate of drug-likeness (QED) is 0.596. The zero-order valence-corrected chi connectivity index (χ0v) is 18.9. The van der Waals surface area contributed by atoms with Crippen molar-refractivity contribution in [2.24, 2.45) is 13.0 Å². The van der Waals surface area contributed by atoms with E-state index in [2.05, 4.69) is 22.5 Å². The number of carbonyl (C=O) groups excluding carboxylic acids is 1. The number of amides is 1. The van der Waals surface area contributed by atoms with E-state index in [4.69, 9.17) is 0 Å². The van der Waals surface area contributed by atoms with Crippen LogP contribution in [0.15, 0.2) is 36.4 Å². The topological polar surface area (TPSA) is 59.0 Å². The van der Waals surface area contributed by atoms with E-state index in [1.807, 2.05) is 36.7 Å². The van der Waals surface area contributed by atoms with Gasteiger partial charge in [0.1, 0.15) is 11.6 Å². The van der Waals surface area contributed by atoms with Crippen molar-refractivity contribution < 1.29 is 9.18 Å². The van der Waals surface area contributed by atoms with Crippen LogP contribution >= 0.6 is 24.8 Å². The minimum atomic E-state index is -0.293. The van der Waals surface area contributed by atoms with E-state index in [1.54, 1.807) is 6.07 Å². The first-order chi connectivity index (χ1) is 13.4. The van der Waals surface area contributed by atoms with Gasteiger partial charge in [-0.25, -0.2) is 9.37 Å². The molecule has 30 heavy (non-hydrogen) atoms. The molecule has 0 radical (unpaired) electrons. The highest BCUT2D eigenvalue weighted by Gasteiger charge is 2.25. The second-order valence-electron chi connectivity index (χ2n) is 7.72. The van der Waals surface area contributed by atoms with Gasteiger partial charge in [0.2, 0.25) is 5.91 Å². The van der Waals surface area contributed by atoms with Crippen LogP contribution in [0.4, 0.5) is 10.1 Å². The summed E-state index contributed by atoms with van der Waals surface area (Å²) >= 11 is 0. The van der Waals surface area contributed by atoms with E-state index in [0.29, 0.717) is 11.6 Å². The molecule has 1 aliphatic rings. The summed E-state index contributed by atoms with van der Waals surface area (Å²) in [6.07, 6.45) is 1.73. The van der Waals surface area contributed by atoms with Gasteiger partial charge in [0.05, 0.1) is 11.0 Å². The normalized spacial score (nSPS) is 18.4. The summed E-state index contributed by atoms with van der Waals surface area (Å²) in [5, 5.41) is 6.46. The van der Waals surface area contributed by atoms with Crippen molar-refractivity contribution in [3.05, 3.63) is 47.8 Å². The third-order valence-electron chi connectivity index (χ3n) is 5.58. The minimum absolute atomic E-state index is 0. The molecule has 1 amide bonds. The number of nitrogens with one attached hydrogen (secondary N) is 2. The fourth-order valence-corrected chi connectivity index (χ4v) is 3.98. The number of nitrogens with zero attached hydrogens (tertiary/aromatic N) is 2. The summed E-state index contributed by atoms with van der Waals surface area (Å²) < 4.78 is 15.5. The molecule has 8 heteroatoms. The summed E-state index contributed by atoms with van der Waals surface area (Å²) in [5.74, 6) is 0.611. The van der Waals surface area contributed by atoms with Gasteiger partial charge in [0.25, 0.3) is 0 Å². The largest absolute Gasteiger partial charge is 0.327 e. The van der Waals surface area contributed by atoms with E-state index in [-0.39, 0.29) is 42.5 Å². The zero-order valence-electron chi connectivity index (χ0n) is 17.2. The summed E-state index contributed by atoms with van der Waals surface area (Å²) in [4.78, 5) is 17.2. The van der Waals surface area contributed by atoms with Crippen molar-refractivity contribution in [1.29, 1.82) is 0 Å². The van der Waals surface area contributed by atoms with Crippen molar-refractivity contribution in [3.8, 4) is 11.4 Å². The lowest BCUT2D eigenvalue weighted by Gasteiger charge is -2.27. The molecule has 5 nitrogen and oxygen atoms in total. The predicted octanol–water partition coefficient (Wildman–Crippen LogP) is 4.86. The van der Waals surface area contributed by atoms with Gasteiger partial charge in [0, 0.05) is 36.3 Å². The third kappa shape index (κ3) is 4.77. The lowest BCUT2D eigenvalue weighted by molar-refractivity contribution is -0.120. The van der Waals surface area contributed by atoms with Crippen LogP contribution in [0.3, 0.4) is 0 Å². The Morgan fingerprint density at radius 2 is 2.00 bits per heavy atom. The van der Waals surface area contributed by atoms with Crippen LogP contribution in [0.2, 0.25) is 0 Å². The average molecular weight is 453 g/mol. The van der Waals surface area contributed by atoms with Crippen LogP contribution in [-0.2, 0) is 11.8 Å². The van der Waals surface area contributed by atoms with Crippen molar-refractivity contribution in [1.82, 2.24) is 14.9 Å². The van der Waals surface area contributed by atoms with E-state index in [9.17, 15) is 9.18 Å². The predicted molar refractivity (Wildman–Crippen MR) is 124 cm³/mol. The molecule has 1 aliphatic heterocycles. The van der Waals surface area contributed by atoms with Gasteiger partial charge in [-0.1, -0.05) is 0 Å². The molecule has 2 atom stereocenters. The SMILES string of the molecule is Cc1cc(-c2nc3cc(F)ccc3n2C)ccc1NC(=O)[C@H]1CCN[C@@H](C)C1.Cl.Cl. The highest BCUT2D eigenvalue weighted by Crippen LogP contribution is 2.28. The number of fused-ring (bicyclic) bond motifs is 1. The van der Waals surface area contributed by atoms with Crippen LogP contribution in [0.1, 0.15) is 25.3 Å². The molecule has 0 spiro atoms. The fraction of sp³-hybridized carbons (Fsp3) is 0.364. The van der Waals surface area contributed by atoms with E-state index in [0.717, 1.165) is 47.5 Å². The number of aryl methyl sites for hydroxylation is 2. The summed E-state index contributed by atoms with van der Waals surface area (Å²) in [6, 6.07) is 10.9. The Morgan fingerprint density at radius 1 is 1.23 bits per heavy atom. The number of hydrogen-bond acceptors (Lipinski definition) is 3. The van der Waals surface area contributed by atoms with Crippen LogP contribution < -0.4 is 10.6 Å². The maximum Gasteiger partial charge on any atom is 0.227 e. The molecule has 0 aliphatic carbocycles. The van der Waals surface area contributed by atoms with Crippen molar-refractivity contribution in [2.45, 2.75) is 32.7 Å². The number of halogens is 3. The minimum Gasteiger partial charge on any atom is -0.327 e. The lowest BCUT2D eigenvalue weighted by atomic mass is 9.92. The number of imidazole rings is 1. The van der Waals surface area contributed by atoms with Gasteiger partial charge in [-0.15, -0.1) is 24.8 Å². The van der Waals surface area contributed by atoms with Gasteiger partial charge in [0.15, 0.2) is 0 Å². The van der Waals surface area contributed by atoms with Gasteiger partial charge in [-0.05, 0) is 69.1 Å². The maximum absolute atomic E-state index is 13.5. The molecule has 2 heterocycles. The Kier molecular flexibility index (Phi) is 7.86. The molecular formula is C22H27Cl2FN4O. The van der Waals surface area contributed by atoms with Gasteiger partial charge in [-0.2, -0.15) is 0 Å². The Labute approximate surface area is 188 Å². The average Bonchev–Trinajstić information content (AvgIpc) is 2.99. The highest BCUT2D eigenvalue weighted by molar-refractivity contribution is 5.93. The molecule has 162 valence electrons. The van der Waals surface area contributed by atoms with Gasteiger partial charge >= 0.3 is 0 Å². The summed E-state index contributed by atoms with van der Waals surface area (Å²) in [7, 11) is 1.92. The molecule has 2 N–H and O–H groups in total. The monoisotopic (exact) mass is 452 g/mol. The number of carbonyl (C=O) groups is 1. The van der Waals surface area contributed by atoms with Gasteiger partial charge < -0.3 is 15.2 Å². The zero-order chi connectivity index (χ0) is 19.8. The molecule has 1 saturated heterocycles. The van der Waals surface area contributed by atoms with Gasteiger partial charge in [-0.3, -0.25) is 4.79 Å². The maximum atomic E-state index is 13.5. The molecule has 0 bridgehead atoms. The van der Waals surface area contributed by atoms with Crippen molar-refractivity contribution >= 4 is 47.4 Å². The summed E-state index contributed by atoms with van der Waals surface area (Å²) in [6.45, 7) is 4.97. The fourth-order valence-electron chi connectivity index (χ4n) is 3.98. The van der Waals surface area contributed by atoms with E-state index >= 15 is 0 Å². The van der Waals surface area contributed by atoms with Crippen molar-refractivity contribution in [3.63, 3.8) is 0 Å². The second kappa shape index (κ2) is 9.77. The molecule has 1 aromatic heterocycles. The van der Waals surface area contributed by atoms with Crippen LogP contribution in [0.25, 0.3) is 22.4 Å². The number of hydrogen-bond donors (Lipinski definition) is 2. The molecule has 2 aromatic carbocycles. The van der Waals surface area contributed by atoms with E-state index < -0.39 is 0 Å². The lowest BCUT2D eigenvalue weighted by Crippen LogP contribution is -2.40. The molecule has 0 unspecified atom stereocenters. The molecule has 0 saturated carbocycles. The number of rotatable bonds is 3. The Balaban J connectivity index is 0.00000160. The number of piperidine rings is 1. The molecule has 4 rings (SSSR count). The smallest absolute Gasteiger partial charge is 0.227 e. The number of aromatic nitrogens is 2. The Bertz CT molecular complexity index is 1050. The molecular weight excluding hydrogens is 426 g/mol. The number of anilines is 1. The first-order valence-electron chi connectivity index (χ1n) is 9.69. The first-order valence-corrected chi connectivity index (χ1v) is 9.69. The van der Waals surface area contributed by atoms with Crippen LogP contribution in [-0.4, -0.2) is 28.0 Å². The third-order valence-corrected chi connectivity index (χ3v) is 5.58. The van der Waals surface area contributed by atoms with Crippen LogP contribution in [0.5, 0.6) is 0 Å². The van der Waals surface area contributed by atoms with E-state index in [1.165, 1.54) is 12.1 Å². The van der Waals surface area contributed by atoms with Crippen molar-refractivity contribution in [2.75, 3.05) is 11.9 Å². The first kappa shape index (κ1) is 24.1. The summed E-state index contributed by atoms with van der Waals surface area (Å²) in [5.41, 5.74) is 4.25. The Hall–Kier alpha value is -2.15. The number of benzene rings is 2. The Morgan fingerprint density at radius 3 is 2.70 bits per heavy atom. The highest BCUT2D eigenvalue weighted by atomic mass is 35.5. The second-order valence-corrected chi connectivity index (χ2v) is 7.72. The molecule has 3 aromatic rings. The molecule has 1 fully saturated rings.